The predicted molar refractivity (Wildman–Crippen MR) is 120 cm³/mol. The van der Waals surface area contributed by atoms with Crippen LogP contribution in [0.4, 0.5) is 5.69 Å². The van der Waals surface area contributed by atoms with Gasteiger partial charge in [-0.05, 0) is 35.9 Å². The van der Waals surface area contributed by atoms with Crippen LogP contribution in [0, 0.1) is 10.1 Å². The van der Waals surface area contributed by atoms with Crippen LogP contribution in [-0.2, 0) is 11.2 Å². The minimum absolute atomic E-state index is 0.0232. The first kappa shape index (κ1) is 21.5. The van der Waals surface area contributed by atoms with Crippen LogP contribution in [0.3, 0.4) is 0 Å². The van der Waals surface area contributed by atoms with Crippen LogP contribution in [0.5, 0.6) is 0 Å². The SMILES string of the molecule is O=C(NCCc1nc2ccccc2[nH]1)/C(=C/c1cccc([N+](=O)[O-])c1)NC(=O)c1ccco1. The highest BCUT2D eigenvalue weighted by Gasteiger charge is 2.17. The number of carbonyl (C=O) groups excluding carboxylic acids is 2. The average molecular weight is 445 g/mol. The summed E-state index contributed by atoms with van der Waals surface area (Å²) in [6.45, 7) is 0.252. The van der Waals surface area contributed by atoms with Crippen LogP contribution in [0.1, 0.15) is 21.9 Å². The van der Waals surface area contributed by atoms with Gasteiger partial charge in [-0.1, -0.05) is 24.3 Å². The summed E-state index contributed by atoms with van der Waals surface area (Å²) in [5, 5.41) is 16.3. The maximum atomic E-state index is 12.8. The molecule has 0 unspecified atom stereocenters. The molecule has 2 aromatic heterocycles. The van der Waals surface area contributed by atoms with E-state index >= 15 is 0 Å². The van der Waals surface area contributed by atoms with Gasteiger partial charge >= 0.3 is 0 Å². The molecule has 2 aromatic carbocycles. The first-order chi connectivity index (χ1) is 16.0. The number of rotatable bonds is 8. The third kappa shape index (κ3) is 5.31. The second-order valence-electron chi connectivity index (χ2n) is 7.05. The number of hydrogen-bond donors (Lipinski definition) is 3. The number of aromatic nitrogens is 2. The molecular formula is C23H19N5O5. The molecule has 0 atom stereocenters. The van der Waals surface area contributed by atoms with Crippen molar-refractivity contribution < 1.29 is 18.9 Å². The number of hydrogen-bond acceptors (Lipinski definition) is 6. The van der Waals surface area contributed by atoms with Crippen molar-refractivity contribution in [3.63, 3.8) is 0 Å². The summed E-state index contributed by atoms with van der Waals surface area (Å²) >= 11 is 0. The Morgan fingerprint density at radius 2 is 1.97 bits per heavy atom. The molecule has 4 rings (SSSR count). The fraction of sp³-hybridized carbons (Fsp3) is 0.0870. The van der Waals surface area contributed by atoms with Gasteiger partial charge in [-0.2, -0.15) is 0 Å². The summed E-state index contributed by atoms with van der Waals surface area (Å²) < 4.78 is 5.07. The summed E-state index contributed by atoms with van der Waals surface area (Å²) in [5.74, 6) is -0.447. The van der Waals surface area contributed by atoms with Crippen LogP contribution >= 0.6 is 0 Å². The molecule has 0 saturated heterocycles. The number of nitro groups is 1. The second kappa shape index (κ2) is 9.60. The molecule has 0 aliphatic rings. The standard InChI is InChI=1S/C23H19N5O5/c29-22(24-11-10-21-25-17-7-1-2-8-18(17)26-21)19(27-23(30)20-9-4-12-33-20)14-15-5-3-6-16(13-15)28(31)32/h1-9,12-14H,10-11H2,(H,24,29)(H,25,26)(H,27,30)/b19-14-. The summed E-state index contributed by atoms with van der Waals surface area (Å²) in [7, 11) is 0. The molecule has 0 aliphatic heterocycles. The Kier molecular flexibility index (Phi) is 6.26. The number of carbonyl (C=O) groups is 2. The number of H-pyrrole nitrogens is 1. The van der Waals surface area contributed by atoms with E-state index in [1.807, 2.05) is 24.3 Å². The molecule has 10 heteroatoms. The van der Waals surface area contributed by atoms with E-state index < -0.39 is 16.7 Å². The number of aromatic amines is 1. The molecule has 0 bridgehead atoms. The molecule has 166 valence electrons. The Balaban J connectivity index is 1.50. The van der Waals surface area contributed by atoms with Crippen LogP contribution < -0.4 is 10.6 Å². The Morgan fingerprint density at radius 1 is 1.12 bits per heavy atom. The lowest BCUT2D eigenvalue weighted by molar-refractivity contribution is -0.384. The zero-order valence-electron chi connectivity index (χ0n) is 17.3. The second-order valence-corrected chi connectivity index (χ2v) is 7.05. The molecule has 0 radical (unpaired) electrons. The fourth-order valence-electron chi connectivity index (χ4n) is 3.16. The number of para-hydroxylation sites is 2. The van der Waals surface area contributed by atoms with E-state index in [2.05, 4.69) is 20.6 Å². The van der Waals surface area contributed by atoms with Crippen molar-refractivity contribution in [2.75, 3.05) is 6.54 Å². The van der Waals surface area contributed by atoms with E-state index in [0.29, 0.717) is 17.8 Å². The van der Waals surface area contributed by atoms with Crippen molar-refractivity contribution in [2.24, 2.45) is 0 Å². The summed E-state index contributed by atoms with van der Waals surface area (Å²) in [4.78, 5) is 43.4. The van der Waals surface area contributed by atoms with Gasteiger partial charge in [-0.15, -0.1) is 0 Å². The molecule has 0 aliphatic carbocycles. The van der Waals surface area contributed by atoms with Gasteiger partial charge in [0.15, 0.2) is 5.76 Å². The highest BCUT2D eigenvalue weighted by molar-refractivity contribution is 6.04. The number of nitro benzene ring substituents is 1. The maximum absolute atomic E-state index is 12.8. The number of nitrogens with zero attached hydrogens (tertiary/aromatic N) is 2. The molecule has 3 N–H and O–H groups in total. The molecule has 0 saturated carbocycles. The van der Waals surface area contributed by atoms with Crippen molar-refractivity contribution in [2.45, 2.75) is 6.42 Å². The molecule has 0 spiro atoms. The van der Waals surface area contributed by atoms with Crippen LogP contribution in [0.25, 0.3) is 17.1 Å². The van der Waals surface area contributed by atoms with E-state index in [0.717, 1.165) is 11.0 Å². The minimum Gasteiger partial charge on any atom is -0.459 e. The van der Waals surface area contributed by atoms with Gasteiger partial charge in [0.1, 0.15) is 11.5 Å². The van der Waals surface area contributed by atoms with E-state index in [1.54, 1.807) is 12.1 Å². The van der Waals surface area contributed by atoms with Gasteiger partial charge < -0.3 is 20.0 Å². The van der Waals surface area contributed by atoms with Crippen molar-refractivity contribution in [1.82, 2.24) is 20.6 Å². The summed E-state index contributed by atoms with van der Waals surface area (Å²) in [6.07, 6.45) is 3.15. The number of fused-ring (bicyclic) bond motifs is 1. The highest BCUT2D eigenvalue weighted by Crippen LogP contribution is 2.16. The predicted octanol–water partition coefficient (Wildman–Crippen LogP) is 3.19. The number of non-ortho nitro benzene ring substituents is 1. The van der Waals surface area contributed by atoms with Crippen molar-refractivity contribution >= 4 is 34.6 Å². The topological polar surface area (TPSA) is 143 Å². The minimum atomic E-state index is -0.621. The Morgan fingerprint density at radius 3 is 2.73 bits per heavy atom. The lowest BCUT2D eigenvalue weighted by atomic mass is 10.1. The fourth-order valence-corrected chi connectivity index (χ4v) is 3.16. The Hall–Kier alpha value is -4.73. The third-order valence-corrected chi connectivity index (χ3v) is 4.72. The summed E-state index contributed by atoms with van der Waals surface area (Å²) in [6, 6.07) is 16.3. The highest BCUT2D eigenvalue weighted by atomic mass is 16.6. The van der Waals surface area contributed by atoms with E-state index in [1.165, 1.54) is 36.6 Å². The first-order valence-corrected chi connectivity index (χ1v) is 10.0. The largest absolute Gasteiger partial charge is 0.459 e. The monoisotopic (exact) mass is 445 g/mol. The zero-order chi connectivity index (χ0) is 23.2. The number of nitrogens with one attached hydrogen (secondary N) is 3. The van der Waals surface area contributed by atoms with Gasteiger partial charge in [0.25, 0.3) is 17.5 Å². The Bertz CT molecular complexity index is 1310. The first-order valence-electron chi connectivity index (χ1n) is 10.0. The van der Waals surface area contributed by atoms with Crippen molar-refractivity contribution in [3.05, 3.63) is 99.9 Å². The average Bonchev–Trinajstić information content (AvgIpc) is 3.48. The quantitative estimate of drug-likeness (QED) is 0.216. The number of benzene rings is 2. The molecule has 0 fully saturated rings. The van der Waals surface area contributed by atoms with Gasteiger partial charge in [-0.3, -0.25) is 19.7 Å². The van der Waals surface area contributed by atoms with E-state index in [4.69, 9.17) is 4.42 Å². The van der Waals surface area contributed by atoms with Crippen molar-refractivity contribution in [3.8, 4) is 0 Å². The third-order valence-electron chi connectivity index (χ3n) is 4.72. The number of imidazole rings is 1. The zero-order valence-corrected chi connectivity index (χ0v) is 17.3. The molecule has 4 aromatic rings. The lowest BCUT2D eigenvalue weighted by Crippen LogP contribution is -2.35. The van der Waals surface area contributed by atoms with Gasteiger partial charge in [0, 0.05) is 25.1 Å². The summed E-state index contributed by atoms with van der Waals surface area (Å²) in [5.41, 5.74) is 1.89. The normalized spacial score (nSPS) is 11.3. The molecule has 33 heavy (non-hydrogen) atoms. The number of amides is 2. The van der Waals surface area contributed by atoms with Crippen LogP contribution in [0.2, 0.25) is 0 Å². The maximum Gasteiger partial charge on any atom is 0.291 e. The molecule has 10 nitrogen and oxygen atoms in total. The number of furan rings is 1. The van der Waals surface area contributed by atoms with Crippen molar-refractivity contribution in [1.29, 1.82) is 0 Å². The van der Waals surface area contributed by atoms with Crippen LogP contribution in [-0.4, -0.2) is 33.3 Å². The van der Waals surface area contributed by atoms with E-state index in [-0.39, 0.29) is 23.7 Å². The van der Waals surface area contributed by atoms with Gasteiger partial charge in [-0.25, -0.2) is 4.98 Å². The van der Waals surface area contributed by atoms with E-state index in [9.17, 15) is 19.7 Å². The Labute approximate surface area is 187 Å². The smallest absolute Gasteiger partial charge is 0.291 e. The molecular weight excluding hydrogens is 426 g/mol. The van der Waals surface area contributed by atoms with Gasteiger partial charge in [0.2, 0.25) is 0 Å². The van der Waals surface area contributed by atoms with Crippen LogP contribution in [0.15, 0.2) is 77.0 Å². The lowest BCUT2D eigenvalue weighted by Gasteiger charge is -2.10. The van der Waals surface area contributed by atoms with Gasteiger partial charge in [0.05, 0.1) is 22.2 Å². The molecule has 2 amide bonds. The molecule has 2 heterocycles.